The molecule has 0 saturated carbocycles. The molecule has 4 rings (SSSR count). The molecule has 0 amide bonds. The van der Waals surface area contributed by atoms with E-state index in [1.807, 2.05) is 48.3 Å². The van der Waals surface area contributed by atoms with Crippen LogP contribution in [0.2, 0.25) is 5.02 Å². The Hall–Kier alpha value is -2.35. The van der Waals surface area contributed by atoms with E-state index >= 15 is 0 Å². The third kappa shape index (κ3) is 3.90. The fourth-order valence-electron chi connectivity index (χ4n) is 3.72. The Morgan fingerprint density at radius 1 is 1.21 bits per heavy atom. The molecule has 3 aromatic rings. The Morgan fingerprint density at radius 2 is 2.00 bits per heavy atom. The molecule has 0 atom stereocenters. The van der Waals surface area contributed by atoms with Crippen LogP contribution in [0.15, 0.2) is 53.4 Å². The summed E-state index contributed by atoms with van der Waals surface area (Å²) in [7, 11) is -1.34. The number of aromatic nitrogens is 1. The van der Waals surface area contributed by atoms with Crippen LogP contribution in [0.25, 0.3) is 10.9 Å². The highest BCUT2D eigenvalue weighted by molar-refractivity contribution is 7.91. The second-order valence-corrected chi connectivity index (χ2v) is 9.73. The lowest BCUT2D eigenvalue weighted by molar-refractivity contribution is 0.596. The lowest BCUT2D eigenvalue weighted by atomic mass is 10.1. The molecule has 0 saturated heterocycles. The highest BCUT2D eigenvalue weighted by Gasteiger charge is 2.26. The van der Waals surface area contributed by atoms with Gasteiger partial charge in [0, 0.05) is 55.4 Å². The number of benzene rings is 2. The third-order valence-electron chi connectivity index (χ3n) is 5.23. The van der Waals surface area contributed by atoms with Crippen LogP contribution in [-0.4, -0.2) is 45.8 Å². The van der Waals surface area contributed by atoms with Crippen LogP contribution in [0.3, 0.4) is 0 Å². The normalized spacial score (nSPS) is 15.8. The van der Waals surface area contributed by atoms with Gasteiger partial charge in [-0.25, -0.2) is 13.4 Å². The average Bonchev–Trinajstić information content (AvgIpc) is 2.83. The van der Waals surface area contributed by atoms with Crippen molar-refractivity contribution in [2.75, 3.05) is 42.2 Å². The molecule has 0 fully saturated rings. The van der Waals surface area contributed by atoms with Crippen molar-refractivity contribution in [1.29, 1.82) is 0 Å². The fourth-order valence-corrected chi connectivity index (χ4v) is 5.39. The number of fused-ring (bicyclic) bond motifs is 2. The summed E-state index contributed by atoms with van der Waals surface area (Å²) in [5.74, 6) is 0.795. The maximum Gasteiger partial charge on any atom is 0.180 e. The lowest BCUT2D eigenvalue weighted by Gasteiger charge is -2.26. The summed E-state index contributed by atoms with van der Waals surface area (Å²) in [5.41, 5.74) is 8.34. The first-order chi connectivity index (χ1) is 13.9. The van der Waals surface area contributed by atoms with Crippen LogP contribution in [0.4, 0.5) is 11.5 Å². The zero-order valence-corrected chi connectivity index (χ0v) is 17.7. The van der Waals surface area contributed by atoms with Gasteiger partial charge < -0.3 is 15.5 Å². The standard InChI is InChI=1S/C21H23ClN4O2S/c1-25(9-8-23)19-13-21(24-18-7-6-16(22)12-17(18)19)26-10-11-29(27,28)20-5-3-2-4-15(20)14-26/h2-7,12-13H,8-11,14,23H2,1H3. The van der Waals surface area contributed by atoms with Crippen molar-refractivity contribution < 1.29 is 8.42 Å². The highest BCUT2D eigenvalue weighted by atomic mass is 35.5. The summed E-state index contributed by atoms with van der Waals surface area (Å²) in [5, 5.41) is 1.59. The minimum absolute atomic E-state index is 0.0539. The third-order valence-corrected chi connectivity index (χ3v) is 7.26. The quantitative estimate of drug-likeness (QED) is 0.685. The molecule has 0 unspecified atom stereocenters. The smallest absolute Gasteiger partial charge is 0.180 e. The SMILES string of the molecule is CN(CCN)c1cc(N2CCS(=O)(=O)c3ccccc3C2)nc2ccc(Cl)cc12. The minimum Gasteiger partial charge on any atom is -0.373 e. The molecule has 2 aromatic carbocycles. The molecule has 29 heavy (non-hydrogen) atoms. The number of rotatable bonds is 4. The van der Waals surface area contributed by atoms with Crippen molar-refractivity contribution in [2.24, 2.45) is 5.73 Å². The number of pyridine rings is 1. The molecular formula is C21H23ClN4O2S. The Kier molecular flexibility index (Phi) is 5.38. The summed E-state index contributed by atoms with van der Waals surface area (Å²) in [4.78, 5) is 9.33. The van der Waals surface area contributed by atoms with Gasteiger partial charge in [-0.1, -0.05) is 29.8 Å². The zero-order chi connectivity index (χ0) is 20.6. The van der Waals surface area contributed by atoms with E-state index in [-0.39, 0.29) is 5.75 Å². The van der Waals surface area contributed by atoms with E-state index in [9.17, 15) is 8.42 Å². The summed E-state index contributed by atoms with van der Waals surface area (Å²) >= 11 is 6.22. The van der Waals surface area contributed by atoms with Crippen LogP contribution in [0, 0.1) is 0 Å². The van der Waals surface area contributed by atoms with Gasteiger partial charge >= 0.3 is 0 Å². The van der Waals surface area contributed by atoms with Crippen molar-refractivity contribution >= 4 is 43.8 Å². The molecule has 0 aliphatic carbocycles. The number of sulfone groups is 1. The Balaban J connectivity index is 1.83. The van der Waals surface area contributed by atoms with Gasteiger partial charge in [0.05, 0.1) is 16.2 Å². The largest absolute Gasteiger partial charge is 0.373 e. The van der Waals surface area contributed by atoms with E-state index in [1.54, 1.807) is 12.1 Å². The van der Waals surface area contributed by atoms with Crippen LogP contribution < -0.4 is 15.5 Å². The molecule has 2 N–H and O–H groups in total. The molecule has 1 aromatic heterocycles. The molecule has 152 valence electrons. The van der Waals surface area contributed by atoms with Gasteiger partial charge in [-0.05, 0) is 29.8 Å². The topological polar surface area (TPSA) is 79.5 Å². The number of likely N-dealkylation sites (N-methyl/N-ethyl adjacent to an activating group) is 1. The molecule has 2 heterocycles. The Labute approximate surface area is 175 Å². The fraction of sp³-hybridized carbons (Fsp3) is 0.286. The summed E-state index contributed by atoms with van der Waals surface area (Å²) in [6, 6.07) is 14.8. The number of nitrogens with zero attached hydrogens (tertiary/aromatic N) is 3. The number of hydrogen-bond acceptors (Lipinski definition) is 6. The Morgan fingerprint density at radius 3 is 2.79 bits per heavy atom. The number of halogens is 1. The molecule has 0 bridgehead atoms. The van der Waals surface area contributed by atoms with Gasteiger partial charge in [0.15, 0.2) is 9.84 Å². The van der Waals surface area contributed by atoms with Crippen molar-refractivity contribution in [1.82, 2.24) is 4.98 Å². The van der Waals surface area contributed by atoms with Gasteiger partial charge in [0.2, 0.25) is 0 Å². The van der Waals surface area contributed by atoms with Crippen molar-refractivity contribution in [2.45, 2.75) is 11.4 Å². The van der Waals surface area contributed by atoms with Crippen molar-refractivity contribution in [3.63, 3.8) is 0 Å². The first kappa shape index (κ1) is 19.9. The van der Waals surface area contributed by atoms with E-state index in [2.05, 4.69) is 4.90 Å². The van der Waals surface area contributed by atoms with Crippen molar-refractivity contribution in [3.8, 4) is 0 Å². The molecule has 8 heteroatoms. The van der Waals surface area contributed by atoms with Gasteiger partial charge in [-0.15, -0.1) is 0 Å². The predicted octanol–water partition coefficient (Wildman–Crippen LogP) is 3.08. The lowest BCUT2D eigenvalue weighted by Crippen LogP contribution is -2.28. The molecule has 1 aliphatic rings. The van der Waals surface area contributed by atoms with Gasteiger partial charge in [0.1, 0.15) is 5.82 Å². The maximum absolute atomic E-state index is 12.7. The van der Waals surface area contributed by atoms with Crippen LogP contribution in [-0.2, 0) is 16.4 Å². The van der Waals surface area contributed by atoms with Crippen LogP contribution in [0.5, 0.6) is 0 Å². The van der Waals surface area contributed by atoms with E-state index in [1.165, 1.54) is 0 Å². The van der Waals surface area contributed by atoms with E-state index in [4.69, 9.17) is 22.3 Å². The first-order valence-corrected chi connectivity index (χ1v) is 11.5. The number of nitrogens with two attached hydrogens (primary N) is 1. The summed E-state index contributed by atoms with van der Waals surface area (Å²) < 4.78 is 25.4. The van der Waals surface area contributed by atoms with Gasteiger partial charge in [0.25, 0.3) is 0 Å². The van der Waals surface area contributed by atoms with Crippen LogP contribution >= 0.6 is 11.6 Å². The van der Waals surface area contributed by atoms with E-state index in [0.29, 0.717) is 36.1 Å². The second-order valence-electron chi connectivity index (χ2n) is 7.22. The predicted molar refractivity (Wildman–Crippen MR) is 119 cm³/mol. The highest BCUT2D eigenvalue weighted by Crippen LogP contribution is 2.33. The minimum atomic E-state index is -3.32. The average molecular weight is 431 g/mol. The maximum atomic E-state index is 12.7. The molecular weight excluding hydrogens is 408 g/mol. The van der Waals surface area contributed by atoms with Crippen LogP contribution in [0.1, 0.15) is 5.56 Å². The summed E-state index contributed by atoms with van der Waals surface area (Å²) in [6.07, 6.45) is 0. The molecule has 6 nitrogen and oxygen atoms in total. The monoisotopic (exact) mass is 430 g/mol. The molecule has 1 aliphatic heterocycles. The first-order valence-electron chi connectivity index (χ1n) is 9.46. The number of hydrogen-bond donors (Lipinski definition) is 1. The second kappa shape index (κ2) is 7.82. The number of anilines is 2. The zero-order valence-electron chi connectivity index (χ0n) is 16.2. The van der Waals surface area contributed by atoms with Gasteiger partial charge in [-0.3, -0.25) is 0 Å². The van der Waals surface area contributed by atoms with Gasteiger partial charge in [-0.2, -0.15) is 0 Å². The molecule has 0 spiro atoms. The van der Waals surface area contributed by atoms with Crippen molar-refractivity contribution in [3.05, 3.63) is 59.1 Å². The Bertz CT molecular complexity index is 1170. The van der Waals surface area contributed by atoms with E-state index in [0.717, 1.165) is 28.0 Å². The summed E-state index contributed by atoms with van der Waals surface area (Å²) in [6.45, 7) is 2.07. The molecule has 0 radical (unpaired) electrons. The van der Waals surface area contributed by atoms with E-state index < -0.39 is 9.84 Å².